The summed E-state index contributed by atoms with van der Waals surface area (Å²) >= 11 is 0. The van der Waals surface area contributed by atoms with Crippen LogP contribution in [0.4, 0.5) is 0 Å². The molecule has 0 saturated heterocycles. The van der Waals surface area contributed by atoms with E-state index in [2.05, 4.69) is 31.2 Å². The highest BCUT2D eigenvalue weighted by molar-refractivity contribution is 5.19. The predicted octanol–water partition coefficient (Wildman–Crippen LogP) is 5.79. The Morgan fingerprint density at radius 2 is 1.32 bits per heavy atom. The molecular weight excluding hydrogens is 228 g/mol. The van der Waals surface area contributed by atoms with Crippen LogP contribution in [0.2, 0.25) is 0 Å². The van der Waals surface area contributed by atoms with Crippen LogP contribution >= 0.6 is 0 Å². The highest BCUT2D eigenvalue weighted by Gasteiger charge is 2.30. The van der Waals surface area contributed by atoms with Gasteiger partial charge >= 0.3 is 0 Å². The largest absolute Gasteiger partial charge is 0.0625 e. The third-order valence-corrected chi connectivity index (χ3v) is 5.37. The third kappa shape index (κ3) is 3.22. The fraction of sp³-hybridized carbons (Fsp3) is 0.684. The summed E-state index contributed by atoms with van der Waals surface area (Å²) < 4.78 is 17.0. The van der Waals surface area contributed by atoms with E-state index in [0.29, 0.717) is 0 Å². The normalized spacial score (nSPS) is 45.3. The Balaban J connectivity index is 1.58. The minimum Gasteiger partial charge on any atom is -0.0625 e. The zero-order valence-electron chi connectivity index (χ0n) is 14.2. The van der Waals surface area contributed by atoms with E-state index in [9.17, 15) is 0 Å². The van der Waals surface area contributed by atoms with Crippen molar-refractivity contribution in [3.63, 3.8) is 0 Å². The predicted molar refractivity (Wildman–Crippen MR) is 82.3 cm³/mol. The first-order valence-electron chi connectivity index (χ1n) is 9.04. The molecule has 2 aliphatic carbocycles. The van der Waals surface area contributed by atoms with Gasteiger partial charge in [-0.3, -0.25) is 0 Å². The van der Waals surface area contributed by atoms with Crippen LogP contribution in [0, 0.1) is 17.7 Å². The van der Waals surface area contributed by atoms with E-state index >= 15 is 0 Å². The lowest BCUT2D eigenvalue weighted by molar-refractivity contribution is 0.165. The van der Waals surface area contributed by atoms with E-state index in [1.165, 1.54) is 31.2 Å². The summed E-state index contributed by atoms with van der Waals surface area (Å²) in [5.74, 6) is 1.11. The second-order valence-corrected chi connectivity index (χ2v) is 6.60. The van der Waals surface area contributed by atoms with Gasteiger partial charge in [-0.1, -0.05) is 50.1 Å². The molecule has 1 aromatic rings. The first kappa shape index (κ1) is 10.9. The zero-order chi connectivity index (χ0) is 14.9. The molecule has 0 heteroatoms. The molecular formula is C19H28. The van der Waals surface area contributed by atoms with Crippen LogP contribution in [0.15, 0.2) is 30.3 Å². The van der Waals surface area contributed by atoms with Gasteiger partial charge in [-0.05, 0) is 67.7 Å². The molecule has 0 aromatic heterocycles. The number of rotatable bonds is 2. The Morgan fingerprint density at radius 3 is 1.89 bits per heavy atom. The first-order valence-corrected chi connectivity index (χ1v) is 8.04. The Bertz CT molecular complexity index is 448. The molecule has 0 spiro atoms. The van der Waals surface area contributed by atoms with Gasteiger partial charge < -0.3 is 0 Å². The van der Waals surface area contributed by atoms with Crippen LogP contribution < -0.4 is 0 Å². The van der Waals surface area contributed by atoms with Crippen molar-refractivity contribution >= 4 is 0 Å². The highest BCUT2D eigenvalue weighted by Crippen LogP contribution is 2.43. The van der Waals surface area contributed by atoms with E-state index < -0.39 is 0 Å². The summed E-state index contributed by atoms with van der Waals surface area (Å²) in [4.78, 5) is 0. The van der Waals surface area contributed by atoms with Gasteiger partial charge in [0.1, 0.15) is 0 Å². The smallest absolute Gasteiger partial charge is 0.0352 e. The second-order valence-electron chi connectivity index (χ2n) is 6.60. The van der Waals surface area contributed by atoms with Crippen molar-refractivity contribution in [3.8, 4) is 0 Å². The summed E-state index contributed by atoms with van der Waals surface area (Å²) in [6.45, 7) is 2.09. The van der Waals surface area contributed by atoms with Crippen molar-refractivity contribution in [1.29, 1.82) is 0 Å². The van der Waals surface area contributed by atoms with Gasteiger partial charge in [0.2, 0.25) is 0 Å². The van der Waals surface area contributed by atoms with Crippen LogP contribution in [-0.4, -0.2) is 0 Å². The van der Waals surface area contributed by atoms with Crippen LogP contribution in [-0.2, 0) is 0 Å². The standard InChI is InChI=1S/C19H28/c1-15-7-9-17(10-8-15)19-13-11-18(12-14-19)16-5-3-2-4-6-16/h2-6,15,17-19H,7-14H2,1H3/i15D,18D. The van der Waals surface area contributed by atoms with Gasteiger partial charge in [0, 0.05) is 2.74 Å². The van der Waals surface area contributed by atoms with Crippen molar-refractivity contribution in [2.75, 3.05) is 0 Å². The van der Waals surface area contributed by atoms with Crippen LogP contribution in [0.3, 0.4) is 0 Å². The van der Waals surface area contributed by atoms with Crippen LogP contribution in [0.1, 0.15) is 72.5 Å². The quantitative estimate of drug-likeness (QED) is 0.630. The van der Waals surface area contributed by atoms with Gasteiger partial charge in [0.05, 0.1) is 0 Å². The topological polar surface area (TPSA) is 0 Å². The molecule has 104 valence electrons. The molecule has 0 N–H and O–H groups in total. The summed E-state index contributed by atoms with van der Waals surface area (Å²) in [6.07, 6.45) is 9.04. The summed E-state index contributed by atoms with van der Waals surface area (Å²) in [5.41, 5.74) is 1.20. The van der Waals surface area contributed by atoms with E-state index in [4.69, 9.17) is 2.74 Å². The van der Waals surface area contributed by atoms with Crippen molar-refractivity contribution in [2.45, 2.75) is 64.2 Å². The maximum absolute atomic E-state index is 8.80. The molecule has 0 atom stereocenters. The van der Waals surface area contributed by atoms with Crippen molar-refractivity contribution in [1.82, 2.24) is 0 Å². The maximum Gasteiger partial charge on any atom is 0.0352 e. The molecule has 0 bridgehead atoms. The maximum atomic E-state index is 8.80. The van der Waals surface area contributed by atoms with Gasteiger partial charge in [0.15, 0.2) is 0 Å². The third-order valence-electron chi connectivity index (χ3n) is 5.37. The molecule has 3 rings (SSSR count). The Morgan fingerprint density at radius 1 is 0.789 bits per heavy atom. The summed E-state index contributed by atoms with van der Waals surface area (Å²) in [6, 6.07) is 10.4. The first-order chi connectivity index (χ1) is 9.99. The highest BCUT2D eigenvalue weighted by atomic mass is 14.4. The second kappa shape index (κ2) is 6.11. The molecule has 0 nitrogen and oxygen atoms in total. The van der Waals surface area contributed by atoms with E-state index in [-0.39, 0.29) is 11.8 Å². The lowest BCUT2D eigenvalue weighted by Gasteiger charge is -2.37. The van der Waals surface area contributed by atoms with E-state index in [1.54, 1.807) is 0 Å². The SMILES string of the molecule is [2H]C1(C)CCC(C2CCC([2H])(c3ccccc3)CC2)CC1. The molecule has 0 amide bonds. The fourth-order valence-electron chi connectivity index (χ4n) is 4.03. The van der Waals surface area contributed by atoms with Crippen molar-refractivity contribution in [3.05, 3.63) is 35.9 Å². The van der Waals surface area contributed by atoms with Gasteiger partial charge in [-0.15, -0.1) is 0 Å². The Labute approximate surface area is 121 Å². The molecule has 1 aromatic carbocycles. The molecule has 0 aliphatic heterocycles. The lowest BCUT2D eigenvalue weighted by Crippen LogP contribution is -2.24. The number of benzene rings is 1. The summed E-state index contributed by atoms with van der Waals surface area (Å²) in [5, 5.41) is 0. The fourth-order valence-corrected chi connectivity index (χ4v) is 4.03. The average molecular weight is 258 g/mol. The van der Waals surface area contributed by atoms with Crippen LogP contribution in [0.25, 0.3) is 0 Å². The minimum atomic E-state index is -0.351. The molecule has 2 aliphatic rings. The van der Waals surface area contributed by atoms with Crippen LogP contribution in [0.5, 0.6) is 0 Å². The average Bonchev–Trinajstić information content (AvgIpc) is 2.49. The van der Waals surface area contributed by atoms with E-state index in [1.807, 2.05) is 6.07 Å². The Kier molecular flexibility index (Phi) is 3.52. The Hall–Kier alpha value is -0.780. The minimum absolute atomic E-state index is 0.172. The summed E-state index contributed by atoms with van der Waals surface area (Å²) in [7, 11) is 0. The zero-order valence-corrected chi connectivity index (χ0v) is 12.2. The number of hydrogen-bond acceptors (Lipinski definition) is 0. The number of hydrogen-bond donors (Lipinski definition) is 0. The van der Waals surface area contributed by atoms with Gasteiger partial charge in [-0.2, -0.15) is 0 Å². The van der Waals surface area contributed by atoms with E-state index in [0.717, 1.165) is 37.5 Å². The van der Waals surface area contributed by atoms with Gasteiger partial charge in [0.25, 0.3) is 0 Å². The van der Waals surface area contributed by atoms with Crippen molar-refractivity contribution < 1.29 is 2.74 Å². The molecule has 19 heavy (non-hydrogen) atoms. The van der Waals surface area contributed by atoms with Gasteiger partial charge in [-0.25, -0.2) is 0 Å². The molecule has 0 heterocycles. The lowest BCUT2D eigenvalue weighted by atomic mass is 9.68. The molecule has 0 radical (unpaired) electrons. The van der Waals surface area contributed by atoms with Crippen molar-refractivity contribution in [2.24, 2.45) is 17.7 Å². The molecule has 2 fully saturated rings. The monoisotopic (exact) mass is 258 g/mol. The molecule has 0 unspecified atom stereocenters. The molecule has 2 saturated carbocycles.